The highest BCUT2D eigenvalue weighted by molar-refractivity contribution is 7.99. The Balaban J connectivity index is 2.32. The summed E-state index contributed by atoms with van der Waals surface area (Å²) in [5.74, 6) is 0.928. The molecule has 6 nitrogen and oxygen atoms in total. The summed E-state index contributed by atoms with van der Waals surface area (Å²) in [6.07, 6.45) is 0.747. The van der Waals surface area contributed by atoms with E-state index < -0.39 is 17.9 Å². The molecule has 2 atom stereocenters. The zero-order chi connectivity index (χ0) is 15.0. The number of thiazole rings is 1. The Kier molecular flexibility index (Phi) is 7.75. The minimum atomic E-state index is -1.24. The third-order valence-electron chi connectivity index (χ3n) is 2.61. The topological polar surface area (TPSA) is 105 Å². The number of hydrogen-bond acceptors (Lipinski definition) is 7. The number of carbonyl (C=O) groups is 2. The van der Waals surface area contributed by atoms with E-state index >= 15 is 0 Å². The first kappa shape index (κ1) is 17.1. The quantitative estimate of drug-likeness (QED) is 0.565. The fourth-order valence-corrected chi connectivity index (χ4v) is 2.71. The van der Waals surface area contributed by atoms with Crippen molar-refractivity contribution in [2.75, 3.05) is 18.1 Å². The number of aliphatic hydroxyl groups excluding tert-OH is 1. The fraction of sp³-hybridized carbons (Fsp3) is 0.583. The second-order valence-electron chi connectivity index (χ2n) is 4.11. The highest BCUT2D eigenvalue weighted by atomic mass is 32.2. The summed E-state index contributed by atoms with van der Waals surface area (Å²) in [4.78, 5) is 27.5. The minimum Gasteiger partial charge on any atom is -0.384 e. The molecule has 4 N–H and O–H groups in total. The van der Waals surface area contributed by atoms with E-state index in [0.717, 1.165) is 11.5 Å². The van der Waals surface area contributed by atoms with Gasteiger partial charge in [0.05, 0.1) is 18.3 Å². The number of nitrogens with two attached hydrogens (primary N) is 1. The molecule has 1 aromatic rings. The fourth-order valence-electron chi connectivity index (χ4n) is 1.45. The number of hydrogen-bond donors (Lipinski definition) is 3. The Morgan fingerprint density at radius 3 is 2.95 bits per heavy atom. The van der Waals surface area contributed by atoms with Gasteiger partial charge in [-0.2, -0.15) is 11.8 Å². The lowest BCUT2D eigenvalue weighted by Gasteiger charge is -2.17. The highest BCUT2D eigenvalue weighted by Crippen LogP contribution is 2.07. The first-order valence-corrected chi connectivity index (χ1v) is 8.30. The molecule has 0 aliphatic heterocycles. The van der Waals surface area contributed by atoms with Crippen molar-refractivity contribution in [3.63, 3.8) is 0 Å². The zero-order valence-electron chi connectivity index (χ0n) is 11.2. The van der Waals surface area contributed by atoms with Gasteiger partial charge in [0, 0.05) is 6.04 Å². The van der Waals surface area contributed by atoms with Crippen molar-refractivity contribution in [2.24, 2.45) is 5.73 Å². The predicted molar refractivity (Wildman–Crippen MR) is 81.1 cm³/mol. The molecule has 1 aromatic heterocycles. The molecule has 0 radical (unpaired) electrons. The molecule has 0 aliphatic rings. The van der Waals surface area contributed by atoms with Crippen molar-refractivity contribution in [1.82, 2.24) is 10.3 Å². The van der Waals surface area contributed by atoms with Crippen LogP contribution >= 0.6 is 23.1 Å². The number of amides is 1. The van der Waals surface area contributed by atoms with Gasteiger partial charge in [-0.1, -0.05) is 6.92 Å². The van der Waals surface area contributed by atoms with Crippen LogP contribution in [0.2, 0.25) is 0 Å². The maximum absolute atomic E-state index is 11.7. The van der Waals surface area contributed by atoms with Crippen LogP contribution in [0.15, 0.2) is 11.7 Å². The molecular formula is C12H19N3O3S2. The maximum atomic E-state index is 11.7. The molecule has 0 bridgehead atoms. The van der Waals surface area contributed by atoms with Gasteiger partial charge in [0.2, 0.25) is 0 Å². The zero-order valence-corrected chi connectivity index (χ0v) is 12.9. The first-order valence-electron chi connectivity index (χ1n) is 6.27. The van der Waals surface area contributed by atoms with Gasteiger partial charge in [-0.05, 0) is 17.9 Å². The lowest BCUT2D eigenvalue weighted by Crippen LogP contribution is -2.45. The number of Topliss-reactive ketones (excluding diaryl/α,β-unsaturated/α-hetero) is 1. The number of nitrogens with one attached hydrogen (secondary N) is 1. The normalized spacial score (nSPS) is 13.8. The van der Waals surface area contributed by atoms with Crippen LogP contribution in [0.1, 0.15) is 23.0 Å². The number of carbonyl (C=O) groups excluding carboxylic acids is 2. The Hall–Kier alpha value is -0.960. The van der Waals surface area contributed by atoms with Crippen LogP contribution in [-0.4, -0.2) is 52.0 Å². The molecule has 0 fully saturated rings. The minimum absolute atomic E-state index is 0.230. The maximum Gasteiger partial charge on any atom is 0.263 e. The molecule has 112 valence electrons. The number of aliphatic hydroxyl groups is 1. The molecule has 1 heterocycles. The SMILES string of the molecule is CCSCC[C@@H](N)C(O)C(=O)CNC(=O)c1cncs1. The van der Waals surface area contributed by atoms with Crippen molar-refractivity contribution < 1.29 is 14.7 Å². The molecule has 1 rings (SSSR count). The Morgan fingerprint density at radius 2 is 2.35 bits per heavy atom. The molecule has 0 aliphatic carbocycles. The summed E-state index contributed by atoms with van der Waals surface area (Å²) in [5.41, 5.74) is 7.29. The van der Waals surface area contributed by atoms with Gasteiger partial charge < -0.3 is 16.2 Å². The first-order chi connectivity index (χ1) is 9.56. The predicted octanol–water partition coefficient (Wildman–Crippen LogP) is 0.273. The number of ketones is 1. The summed E-state index contributed by atoms with van der Waals surface area (Å²) in [6.45, 7) is 1.80. The monoisotopic (exact) mass is 317 g/mol. The van der Waals surface area contributed by atoms with E-state index in [-0.39, 0.29) is 12.5 Å². The van der Waals surface area contributed by atoms with E-state index in [1.165, 1.54) is 23.0 Å². The molecule has 0 saturated heterocycles. The summed E-state index contributed by atoms with van der Waals surface area (Å²) >= 11 is 2.89. The molecule has 1 unspecified atom stereocenters. The van der Waals surface area contributed by atoms with Crippen LogP contribution in [0.5, 0.6) is 0 Å². The van der Waals surface area contributed by atoms with Crippen LogP contribution in [0, 0.1) is 0 Å². The van der Waals surface area contributed by atoms with E-state index in [0.29, 0.717) is 11.3 Å². The molecule has 1 amide bonds. The van der Waals surface area contributed by atoms with Gasteiger partial charge in [0.25, 0.3) is 5.91 Å². The van der Waals surface area contributed by atoms with Crippen LogP contribution in [0.25, 0.3) is 0 Å². The molecule has 20 heavy (non-hydrogen) atoms. The lowest BCUT2D eigenvalue weighted by atomic mass is 10.1. The van der Waals surface area contributed by atoms with Crippen molar-refractivity contribution in [1.29, 1.82) is 0 Å². The average Bonchev–Trinajstić information content (AvgIpc) is 2.97. The van der Waals surface area contributed by atoms with E-state index in [2.05, 4.69) is 10.3 Å². The summed E-state index contributed by atoms with van der Waals surface area (Å²) in [7, 11) is 0. The Morgan fingerprint density at radius 1 is 1.60 bits per heavy atom. The van der Waals surface area contributed by atoms with Gasteiger partial charge in [-0.15, -0.1) is 11.3 Å². The van der Waals surface area contributed by atoms with Crippen LogP contribution in [0.4, 0.5) is 0 Å². The van der Waals surface area contributed by atoms with Gasteiger partial charge in [-0.25, -0.2) is 0 Å². The van der Waals surface area contributed by atoms with E-state index in [9.17, 15) is 14.7 Å². The van der Waals surface area contributed by atoms with Crippen molar-refractivity contribution in [2.45, 2.75) is 25.5 Å². The second kappa shape index (κ2) is 9.06. The van der Waals surface area contributed by atoms with Gasteiger partial charge in [0.1, 0.15) is 11.0 Å². The number of rotatable bonds is 9. The van der Waals surface area contributed by atoms with E-state index in [1.807, 2.05) is 6.92 Å². The number of nitrogens with zero attached hydrogens (tertiary/aromatic N) is 1. The summed E-state index contributed by atoms with van der Waals surface area (Å²) < 4.78 is 0. The summed E-state index contributed by atoms with van der Waals surface area (Å²) in [5, 5.41) is 12.2. The Bertz CT molecular complexity index is 426. The number of thioether (sulfide) groups is 1. The molecule has 0 spiro atoms. The summed E-state index contributed by atoms with van der Waals surface area (Å²) in [6, 6.07) is -0.596. The highest BCUT2D eigenvalue weighted by Gasteiger charge is 2.23. The largest absolute Gasteiger partial charge is 0.384 e. The van der Waals surface area contributed by atoms with Gasteiger partial charge in [-0.3, -0.25) is 14.6 Å². The number of aromatic nitrogens is 1. The van der Waals surface area contributed by atoms with Crippen LogP contribution < -0.4 is 11.1 Å². The van der Waals surface area contributed by atoms with Crippen molar-refractivity contribution in [3.05, 3.63) is 16.6 Å². The van der Waals surface area contributed by atoms with Gasteiger partial charge in [0.15, 0.2) is 5.78 Å². The average molecular weight is 317 g/mol. The van der Waals surface area contributed by atoms with Crippen LogP contribution in [0.3, 0.4) is 0 Å². The smallest absolute Gasteiger partial charge is 0.263 e. The standard InChI is InChI=1S/C12H19N3O3S2/c1-2-19-4-3-8(13)11(17)9(16)5-15-12(18)10-6-14-7-20-10/h6-8,11,17H,2-5,13H2,1H3,(H,15,18)/t8-,11?/m1/s1. The second-order valence-corrected chi connectivity index (χ2v) is 6.39. The van der Waals surface area contributed by atoms with Gasteiger partial charge >= 0.3 is 0 Å². The Labute approximate surface area is 126 Å². The third-order valence-corrected chi connectivity index (χ3v) is 4.32. The molecule has 0 saturated carbocycles. The van der Waals surface area contributed by atoms with Crippen LogP contribution in [-0.2, 0) is 4.79 Å². The molecular weight excluding hydrogens is 298 g/mol. The van der Waals surface area contributed by atoms with Crippen molar-refractivity contribution >= 4 is 34.8 Å². The van der Waals surface area contributed by atoms with E-state index in [4.69, 9.17) is 5.73 Å². The molecule has 0 aromatic carbocycles. The molecule has 8 heteroatoms. The third kappa shape index (κ3) is 5.58. The van der Waals surface area contributed by atoms with Crippen molar-refractivity contribution in [3.8, 4) is 0 Å². The lowest BCUT2D eigenvalue weighted by molar-refractivity contribution is -0.127. The van der Waals surface area contributed by atoms with E-state index in [1.54, 1.807) is 11.8 Å².